The number of hydrogen-bond donors (Lipinski definition) is 3. The molecule has 0 spiro atoms. The van der Waals surface area contributed by atoms with Crippen LogP contribution in [0.3, 0.4) is 0 Å². The van der Waals surface area contributed by atoms with Gasteiger partial charge in [0.25, 0.3) is 11.2 Å². The normalized spacial score (nSPS) is 17.3. The first-order chi connectivity index (χ1) is 16.1. The van der Waals surface area contributed by atoms with Gasteiger partial charge in [0.15, 0.2) is 6.54 Å². The van der Waals surface area contributed by atoms with Crippen molar-refractivity contribution >= 4 is 5.97 Å². The average molecular weight is 554 g/mol. The standard InChI is InChI=1S/C18H15F12NO5/c19-15(20,21)13(33,16(22,23)24)9-5-10(14(34,17(25,26)27)18(28,29)30)7-11(6-9)36-12(32)8-31-1-3-35-4-2-31/h5-7,33-34H,1-4,8H2/p+1. The summed E-state index contributed by atoms with van der Waals surface area (Å²) in [5.74, 6) is -3.11. The summed E-state index contributed by atoms with van der Waals surface area (Å²) in [6, 6.07) is -1.76. The molecule has 0 saturated carbocycles. The summed E-state index contributed by atoms with van der Waals surface area (Å²) in [4.78, 5) is 12.5. The summed E-state index contributed by atoms with van der Waals surface area (Å²) in [6.07, 6.45) is -26.9. The molecule has 1 aliphatic rings. The van der Waals surface area contributed by atoms with Crippen molar-refractivity contribution in [3.05, 3.63) is 29.3 Å². The van der Waals surface area contributed by atoms with Crippen molar-refractivity contribution in [3.63, 3.8) is 0 Å². The van der Waals surface area contributed by atoms with Crippen LogP contribution in [-0.4, -0.2) is 73.7 Å². The van der Waals surface area contributed by atoms with Crippen LogP contribution < -0.4 is 9.64 Å². The topological polar surface area (TPSA) is 80.4 Å². The Morgan fingerprint density at radius 1 is 0.750 bits per heavy atom. The molecule has 0 aliphatic carbocycles. The van der Waals surface area contributed by atoms with Crippen molar-refractivity contribution in [2.24, 2.45) is 0 Å². The number of esters is 1. The van der Waals surface area contributed by atoms with Crippen molar-refractivity contribution in [2.75, 3.05) is 32.8 Å². The van der Waals surface area contributed by atoms with E-state index in [1.165, 1.54) is 0 Å². The first-order valence-corrected chi connectivity index (χ1v) is 9.55. The second-order valence-electron chi connectivity index (χ2n) is 7.67. The minimum Gasteiger partial charge on any atom is -0.422 e. The lowest BCUT2D eigenvalue weighted by atomic mass is 9.85. The largest absolute Gasteiger partial charge is 0.430 e. The summed E-state index contributed by atoms with van der Waals surface area (Å²) in [6.45, 7) is -0.0316. The van der Waals surface area contributed by atoms with Crippen LogP contribution in [0, 0.1) is 0 Å². The molecule has 0 amide bonds. The lowest BCUT2D eigenvalue weighted by Gasteiger charge is -2.36. The van der Waals surface area contributed by atoms with E-state index in [1.54, 1.807) is 0 Å². The molecule has 6 nitrogen and oxygen atoms in total. The van der Waals surface area contributed by atoms with E-state index in [0.717, 1.165) is 0 Å². The Bertz CT molecular complexity index is 863. The van der Waals surface area contributed by atoms with Crippen LogP contribution in [0.4, 0.5) is 52.7 Å². The van der Waals surface area contributed by atoms with E-state index in [-0.39, 0.29) is 26.3 Å². The summed E-state index contributed by atoms with van der Waals surface area (Å²) < 4.78 is 169. The molecule has 2 rings (SSSR count). The predicted octanol–water partition coefficient (Wildman–Crippen LogP) is 2.13. The van der Waals surface area contributed by atoms with E-state index in [0.29, 0.717) is 4.90 Å². The highest BCUT2D eigenvalue weighted by atomic mass is 19.4. The quantitative estimate of drug-likeness (QED) is 0.296. The van der Waals surface area contributed by atoms with E-state index in [9.17, 15) is 67.7 Å². The number of ether oxygens (including phenoxy) is 2. The van der Waals surface area contributed by atoms with Crippen molar-refractivity contribution in [1.29, 1.82) is 0 Å². The maximum absolute atomic E-state index is 13.3. The lowest BCUT2D eigenvalue weighted by Crippen LogP contribution is -3.15. The van der Waals surface area contributed by atoms with Crippen LogP contribution in [0.2, 0.25) is 0 Å². The molecule has 3 N–H and O–H groups in total. The molecule has 1 heterocycles. The number of halogens is 12. The van der Waals surface area contributed by atoms with Gasteiger partial charge in [0, 0.05) is 11.1 Å². The van der Waals surface area contributed by atoms with Gasteiger partial charge in [-0.2, -0.15) is 52.7 Å². The summed E-state index contributed by atoms with van der Waals surface area (Å²) in [5, 5.41) is 19.0. The molecule has 1 aromatic carbocycles. The molecule has 0 bridgehead atoms. The highest BCUT2D eigenvalue weighted by Gasteiger charge is 2.74. The third kappa shape index (κ3) is 5.50. The highest BCUT2D eigenvalue weighted by molar-refractivity contribution is 5.73. The van der Waals surface area contributed by atoms with Gasteiger partial charge in [0.2, 0.25) is 0 Å². The molecule has 1 aliphatic heterocycles. The molecule has 18 heteroatoms. The van der Waals surface area contributed by atoms with Crippen molar-refractivity contribution in [2.45, 2.75) is 35.9 Å². The van der Waals surface area contributed by atoms with Crippen LogP contribution in [-0.2, 0) is 20.7 Å². The fraction of sp³-hybridized carbons (Fsp3) is 0.611. The minimum absolute atomic E-state index is 0.136. The molecule has 206 valence electrons. The predicted molar refractivity (Wildman–Crippen MR) is 90.5 cm³/mol. The Morgan fingerprint density at radius 2 is 1.11 bits per heavy atom. The molecular formula is C18H16F12NO5+. The SMILES string of the molecule is O=C(C[NH+]1CCOCC1)Oc1cc(C(O)(C(F)(F)F)C(F)(F)F)cc(C(O)(C(F)(F)F)C(F)(F)F)c1. The van der Waals surface area contributed by atoms with Crippen LogP contribution in [0.1, 0.15) is 11.1 Å². The number of benzene rings is 1. The number of hydrogen-bond acceptors (Lipinski definition) is 5. The number of carbonyl (C=O) groups excluding carboxylic acids is 1. The second kappa shape index (κ2) is 9.53. The Balaban J connectivity index is 2.74. The number of aliphatic hydroxyl groups is 2. The smallest absolute Gasteiger partial charge is 0.422 e. The summed E-state index contributed by atoms with van der Waals surface area (Å²) in [7, 11) is 0. The second-order valence-corrected chi connectivity index (χ2v) is 7.67. The summed E-state index contributed by atoms with van der Waals surface area (Å²) >= 11 is 0. The first kappa shape index (κ1) is 29.9. The van der Waals surface area contributed by atoms with Gasteiger partial charge < -0.3 is 24.6 Å². The van der Waals surface area contributed by atoms with E-state index in [2.05, 4.69) is 4.74 Å². The van der Waals surface area contributed by atoms with Crippen molar-refractivity contribution in [1.82, 2.24) is 0 Å². The number of morpholine rings is 1. The monoisotopic (exact) mass is 554 g/mol. The Kier molecular flexibility index (Phi) is 7.92. The molecule has 0 radical (unpaired) electrons. The van der Waals surface area contributed by atoms with Crippen molar-refractivity contribution in [3.8, 4) is 5.75 Å². The van der Waals surface area contributed by atoms with E-state index >= 15 is 0 Å². The Hall–Kier alpha value is -2.31. The Morgan fingerprint density at radius 3 is 1.44 bits per heavy atom. The fourth-order valence-electron chi connectivity index (χ4n) is 3.26. The minimum atomic E-state index is -6.72. The van der Waals surface area contributed by atoms with E-state index < -0.39 is 83.5 Å². The maximum atomic E-state index is 13.3. The van der Waals surface area contributed by atoms with E-state index in [1.807, 2.05) is 0 Å². The molecule has 36 heavy (non-hydrogen) atoms. The summed E-state index contributed by atoms with van der Waals surface area (Å²) in [5.41, 5.74) is -17.3. The van der Waals surface area contributed by atoms with Gasteiger partial charge in [0.1, 0.15) is 18.8 Å². The number of carbonyl (C=O) groups is 1. The first-order valence-electron chi connectivity index (χ1n) is 9.55. The number of nitrogens with one attached hydrogen (secondary N) is 1. The number of quaternary nitrogens is 1. The number of rotatable bonds is 5. The molecule has 0 unspecified atom stereocenters. The maximum Gasteiger partial charge on any atom is 0.430 e. The highest BCUT2D eigenvalue weighted by Crippen LogP contribution is 2.54. The van der Waals surface area contributed by atoms with Gasteiger partial charge in [-0.3, -0.25) is 0 Å². The van der Waals surface area contributed by atoms with Gasteiger partial charge in [-0.05, 0) is 18.2 Å². The van der Waals surface area contributed by atoms with Crippen LogP contribution in [0.15, 0.2) is 18.2 Å². The zero-order valence-electron chi connectivity index (χ0n) is 17.4. The zero-order chi connectivity index (χ0) is 28.0. The molecular weight excluding hydrogens is 538 g/mol. The van der Waals surface area contributed by atoms with Crippen LogP contribution in [0.25, 0.3) is 0 Å². The molecule has 1 saturated heterocycles. The van der Waals surface area contributed by atoms with Gasteiger partial charge in [0.05, 0.1) is 13.2 Å². The fourth-order valence-corrected chi connectivity index (χ4v) is 3.26. The van der Waals surface area contributed by atoms with Crippen LogP contribution in [0.5, 0.6) is 5.75 Å². The molecule has 1 fully saturated rings. The third-order valence-corrected chi connectivity index (χ3v) is 5.21. The van der Waals surface area contributed by atoms with Gasteiger partial charge >= 0.3 is 30.7 Å². The lowest BCUT2D eigenvalue weighted by molar-refractivity contribution is -0.900. The van der Waals surface area contributed by atoms with E-state index in [4.69, 9.17) is 4.74 Å². The average Bonchev–Trinajstić information content (AvgIpc) is 2.69. The van der Waals surface area contributed by atoms with Crippen LogP contribution >= 0.6 is 0 Å². The molecule has 0 aromatic heterocycles. The van der Waals surface area contributed by atoms with Gasteiger partial charge in [-0.15, -0.1) is 0 Å². The molecule has 1 aromatic rings. The van der Waals surface area contributed by atoms with Gasteiger partial charge in [-0.25, -0.2) is 4.79 Å². The van der Waals surface area contributed by atoms with Gasteiger partial charge in [-0.1, -0.05) is 0 Å². The third-order valence-electron chi connectivity index (χ3n) is 5.21. The zero-order valence-corrected chi connectivity index (χ0v) is 17.4. The number of alkyl halides is 12. The van der Waals surface area contributed by atoms with Crippen molar-refractivity contribution < 1.29 is 82.1 Å². The Labute approximate surface area is 193 Å². The molecule has 0 atom stereocenters.